The average Bonchev–Trinajstić information content (AvgIpc) is 2.33. The monoisotopic (exact) mass is 273 g/mol. The van der Waals surface area contributed by atoms with E-state index in [4.69, 9.17) is 0 Å². The Hall–Kier alpha value is -2.03. The highest BCUT2D eigenvalue weighted by atomic mass is 19.4. The first-order valence-corrected chi connectivity index (χ1v) is 5.41. The number of alkyl halides is 3. The van der Waals surface area contributed by atoms with Crippen molar-refractivity contribution >= 4 is 5.91 Å². The fraction of sp³-hybridized carbons (Fsp3) is 0.308. The molecule has 0 unspecified atom stereocenters. The van der Waals surface area contributed by atoms with Gasteiger partial charge in [-0.05, 0) is 19.1 Å². The molecule has 0 saturated carbocycles. The van der Waals surface area contributed by atoms with Gasteiger partial charge in [-0.1, -0.05) is 6.07 Å². The van der Waals surface area contributed by atoms with Crippen molar-refractivity contribution in [2.45, 2.75) is 19.5 Å². The molecule has 0 aliphatic carbocycles. The highest BCUT2D eigenvalue weighted by molar-refractivity contribution is 5.94. The Morgan fingerprint density at radius 1 is 1.37 bits per heavy atom. The molecule has 0 aliphatic heterocycles. The SMILES string of the molecule is CC#CCCNC(=O)c1cccc(C(F)(F)F)c1F. The quantitative estimate of drug-likeness (QED) is 0.512. The summed E-state index contributed by atoms with van der Waals surface area (Å²) in [6.45, 7) is 1.77. The number of benzene rings is 1. The van der Waals surface area contributed by atoms with Gasteiger partial charge in [-0.15, -0.1) is 11.8 Å². The Kier molecular flexibility index (Phi) is 4.93. The molecule has 1 aromatic rings. The van der Waals surface area contributed by atoms with Crippen LogP contribution in [0, 0.1) is 17.7 Å². The first-order valence-electron chi connectivity index (χ1n) is 5.41. The van der Waals surface area contributed by atoms with Crippen LogP contribution < -0.4 is 5.32 Å². The van der Waals surface area contributed by atoms with Crippen LogP contribution in [-0.4, -0.2) is 12.5 Å². The van der Waals surface area contributed by atoms with E-state index in [1.54, 1.807) is 6.92 Å². The second-order valence-corrected chi connectivity index (χ2v) is 3.60. The maximum atomic E-state index is 13.6. The second kappa shape index (κ2) is 6.23. The lowest BCUT2D eigenvalue weighted by atomic mass is 10.1. The Bertz CT molecular complexity index is 526. The van der Waals surface area contributed by atoms with E-state index in [2.05, 4.69) is 17.2 Å². The maximum absolute atomic E-state index is 13.6. The number of nitrogens with one attached hydrogen (secondary N) is 1. The predicted octanol–water partition coefficient (Wildman–Crippen LogP) is 2.99. The number of hydrogen-bond donors (Lipinski definition) is 1. The van der Waals surface area contributed by atoms with Crippen molar-refractivity contribution in [3.63, 3.8) is 0 Å². The molecule has 1 aromatic carbocycles. The van der Waals surface area contributed by atoms with Gasteiger partial charge in [0.2, 0.25) is 0 Å². The van der Waals surface area contributed by atoms with Crippen LogP contribution in [-0.2, 0) is 6.18 Å². The van der Waals surface area contributed by atoms with E-state index in [1.165, 1.54) is 0 Å². The summed E-state index contributed by atoms with van der Waals surface area (Å²) in [5.41, 5.74) is -2.08. The molecule has 1 N–H and O–H groups in total. The molecule has 0 atom stereocenters. The zero-order valence-electron chi connectivity index (χ0n) is 10.1. The summed E-state index contributed by atoms with van der Waals surface area (Å²) in [5.74, 6) is 2.82. The first-order chi connectivity index (χ1) is 8.88. The number of carbonyl (C=O) groups excluding carboxylic acids is 1. The molecule has 0 bridgehead atoms. The standard InChI is InChI=1S/C13H11F4NO/c1-2-3-4-8-18-12(19)9-6-5-7-10(11(9)14)13(15,16)17/h5-7H,4,8H2,1H3,(H,18,19). The summed E-state index contributed by atoms with van der Waals surface area (Å²) in [6, 6.07) is 2.59. The molecule has 0 saturated heterocycles. The first kappa shape index (κ1) is 15.0. The molecular formula is C13H11F4NO. The summed E-state index contributed by atoms with van der Waals surface area (Å²) < 4.78 is 50.9. The van der Waals surface area contributed by atoms with Gasteiger partial charge in [-0.25, -0.2) is 4.39 Å². The van der Waals surface area contributed by atoms with Crippen molar-refractivity contribution in [1.29, 1.82) is 0 Å². The zero-order valence-corrected chi connectivity index (χ0v) is 10.1. The molecular weight excluding hydrogens is 262 g/mol. The van der Waals surface area contributed by atoms with Gasteiger partial charge in [0.25, 0.3) is 5.91 Å². The number of amides is 1. The van der Waals surface area contributed by atoms with E-state index < -0.39 is 29.0 Å². The summed E-state index contributed by atoms with van der Waals surface area (Å²) in [5, 5.41) is 2.30. The minimum Gasteiger partial charge on any atom is -0.351 e. The smallest absolute Gasteiger partial charge is 0.351 e. The van der Waals surface area contributed by atoms with E-state index in [-0.39, 0.29) is 6.54 Å². The van der Waals surface area contributed by atoms with Gasteiger partial charge in [0.1, 0.15) is 5.82 Å². The molecule has 0 aromatic heterocycles. The molecule has 1 rings (SSSR count). The van der Waals surface area contributed by atoms with E-state index in [0.717, 1.165) is 12.1 Å². The van der Waals surface area contributed by atoms with Crippen LogP contribution in [0.1, 0.15) is 29.3 Å². The van der Waals surface area contributed by atoms with Crippen molar-refractivity contribution in [3.8, 4) is 11.8 Å². The van der Waals surface area contributed by atoms with E-state index in [1.807, 2.05) is 0 Å². The van der Waals surface area contributed by atoms with Gasteiger partial charge in [0.15, 0.2) is 0 Å². The molecule has 19 heavy (non-hydrogen) atoms. The Balaban J connectivity index is 2.88. The Morgan fingerprint density at radius 2 is 2.05 bits per heavy atom. The molecule has 0 aliphatic rings. The van der Waals surface area contributed by atoms with Crippen molar-refractivity contribution in [1.82, 2.24) is 5.32 Å². The number of hydrogen-bond acceptors (Lipinski definition) is 1. The lowest BCUT2D eigenvalue weighted by Crippen LogP contribution is -2.26. The number of carbonyl (C=O) groups is 1. The topological polar surface area (TPSA) is 29.1 Å². The minimum absolute atomic E-state index is 0.148. The third-order valence-corrected chi connectivity index (χ3v) is 2.26. The van der Waals surface area contributed by atoms with Gasteiger partial charge in [0, 0.05) is 13.0 Å². The second-order valence-electron chi connectivity index (χ2n) is 3.60. The van der Waals surface area contributed by atoms with Crippen LogP contribution in [0.3, 0.4) is 0 Å². The highest BCUT2D eigenvalue weighted by Gasteiger charge is 2.35. The Labute approximate surface area is 107 Å². The molecule has 0 radical (unpaired) electrons. The Morgan fingerprint density at radius 3 is 2.63 bits per heavy atom. The molecule has 1 amide bonds. The van der Waals surface area contributed by atoms with E-state index in [9.17, 15) is 22.4 Å². The lowest BCUT2D eigenvalue weighted by molar-refractivity contribution is -0.140. The van der Waals surface area contributed by atoms with Crippen molar-refractivity contribution in [3.05, 3.63) is 35.1 Å². The van der Waals surface area contributed by atoms with Crippen molar-refractivity contribution in [2.24, 2.45) is 0 Å². The highest BCUT2D eigenvalue weighted by Crippen LogP contribution is 2.32. The van der Waals surface area contributed by atoms with Gasteiger partial charge in [-0.2, -0.15) is 13.2 Å². The molecule has 2 nitrogen and oxygen atoms in total. The van der Waals surface area contributed by atoms with Crippen molar-refractivity contribution in [2.75, 3.05) is 6.54 Å². The summed E-state index contributed by atoms with van der Waals surface area (Å²) >= 11 is 0. The zero-order chi connectivity index (χ0) is 14.5. The van der Waals surface area contributed by atoms with Crippen LogP contribution in [0.5, 0.6) is 0 Å². The number of rotatable bonds is 3. The largest absolute Gasteiger partial charge is 0.419 e. The predicted molar refractivity (Wildman–Crippen MR) is 61.8 cm³/mol. The summed E-state index contributed by atoms with van der Waals surface area (Å²) in [4.78, 5) is 11.5. The molecule has 0 spiro atoms. The third-order valence-electron chi connectivity index (χ3n) is 2.26. The molecule has 0 fully saturated rings. The molecule has 102 valence electrons. The fourth-order valence-corrected chi connectivity index (χ4v) is 1.39. The van der Waals surface area contributed by atoms with E-state index >= 15 is 0 Å². The molecule has 6 heteroatoms. The summed E-state index contributed by atoms with van der Waals surface area (Å²) in [6.07, 6.45) is -4.48. The van der Waals surface area contributed by atoms with Crippen LogP contribution in [0.2, 0.25) is 0 Å². The lowest BCUT2D eigenvalue weighted by Gasteiger charge is -2.10. The number of halogens is 4. The van der Waals surface area contributed by atoms with Gasteiger partial charge in [-0.3, -0.25) is 4.79 Å². The maximum Gasteiger partial charge on any atom is 0.419 e. The third kappa shape index (κ3) is 3.98. The normalized spacial score (nSPS) is 10.6. The van der Waals surface area contributed by atoms with Crippen LogP contribution in [0.4, 0.5) is 17.6 Å². The minimum atomic E-state index is -4.83. The average molecular weight is 273 g/mol. The van der Waals surface area contributed by atoms with Gasteiger partial charge < -0.3 is 5.32 Å². The van der Waals surface area contributed by atoms with Gasteiger partial charge in [0.05, 0.1) is 11.1 Å². The molecule has 0 heterocycles. The fourth-order valence-electron chi connectivity index (χ4n) is 1.39. The van der Waals surface area contributed by atoms with Crippen LogP contribution in [0.25, 0.3) is 0 Å². The van der Waals surface area contributed by atoms with Crippen LogP contribution >= 0.6 is 0 Å². The van der Waals surface area contributed by atoms with E-state index in [0.29, 0.717) is 12.5 Å². The summed E-state index contributed by atoms with van der Waals surface area (Å²) in [7, 11) is 0. The van der Waals surface area contributed by atoms with Crippen LogP contribution in [0.15, 0.2) is 18.2 Å². The van der Waals surface area contributed by atoms with Crippen molar-refractivity contribution < 1.29 is 22.4 Å². The van der Waals surface area contributed by atoms with Gasteiger partial charge >= 0.3 is 6.18 Å².